The summed E-state index contributed by atoms with van der Waals surface area (Å²) in [5.74, 6) is 0.0657. The molecule has 3 nitrogen and oxygen atoms in total. The van der Waals surface area contributed by atoms with Gasteiger partial charge >= 0.3 is 7.12 Å². The van der Waals surface area contributed by atoms with Crippen molar-refractivity contribution in [2.45, 2.75) is 32.6 Å². The summed E-state index contributed by atoms with van der Waals surface area (Å²) in [7, 11) is -1.51. The average Bonchev–Trinajstić information content (AvgIpc) is 2.29. The minimum atomic E-state index is -1.51. The minimum Gasteiger partial charge on any atom is -0.423 e. The Morgan fingerprint density at radius 2 is 2.06 bits per heavy atom. The standard InChI is InChI=1S/C12H17BO3/c1-2-3-4-8-12(14)10-6-5-7-11(9-10)13(15)16/h5-7,9,15-16H,2-4,8H2,1H3. The highest BCUT2D eigenvalue weighted by Gasteiger charge is 2.13. The molecule has 0 aliphatic carbocycles. The average molecular weight is 220 g/mol. The normalized spacial score (nSPS) is 10.2. The number of hydrogen-bond acceptors (Lipinski definition) is 3. The number of unbranched alkanes of at least 4 members (excludes halogenated alkanes) is 2. The van der Waals surface area contributed by atoms with E-state index in [1.165, 1.54) is 0 Å². The summed E-state index contributed by atoms with van der Waals surface area (Å²) >= 11 is 0. The van der Waals surface area contributed by atoms with Crippen LogP contribution in [0.1, 0.15) is 43.0 Å². The summed E-state index contributed by atoms with van der Waals surface area (Å²) < 4.78 is 0. The molecule has 16 heavy (non-hydrogen) atoms. The fourth-order valence-corrected chi connectivity index (χ4v) is 1.55. The molecule has 0 unspecified atom stereocenters. The molecule has 1 rings (SSSR count). The lowest BCUT2D eigenvalue weighted by Gasteiger charge is -2.03. The molecule has 0 aliphatic heterocycles. The fourth-order valence-electron chi connectivity index (χ4n) is 1.55. The monoisotopic (exact) mass is 220 g/mol. The summed E-state index contributed by atoms with van der Waals surface area (Å²) in [6.07, 6.45) is 3.55. The summed E-state index contributed by atoms with van der Waals surface area (Å²) in [6, 6.07) is 6.51. The first-order chi connectivity index (χ1) is 7.65. The van der Waals surface area contributed by atoms with Crippen molar-refractivity contribution in [2.75, 3.05) is 0 Å². The predicted molar refractivity (Wildman–Crippen MR) is 64.7 cm³/mol. The zero-order valence-corrected chi connectivity index (χ0v) is 9.52. The number of Topliss-reactive ketones (excluding diaryl/α,β-unsaturated/α-hetero) is 1. The van der Waals surface area contributed by atoms with Gasteiger partial charge in [-0.25, -0.2) is 0 Å². The van der Waals surface area contributed by atoms with Gasteiger partial charge in [0, 0.05) is 12.0 Å². The van der Waals surface area contributed by atoms with Crippen molar-refractivity contribution in [3.63, 3.8) is 0 Å². The minimum absolute atomic E-state index is 0.0657. The molecule has 86 valence electrons. The largest absolute Gasteiger partial charge is 0.488 e. The lowest BCUT2D eigenvalue weighted by atomic mass is 9.79. The topological polar surface area (TPSA) is 57.5 Å². The molecule has 0 amide bonds. The third kappa shape index (κ3) is 3.79. The number of benzene rings is 1. The Hall–Kier alpha value is -1.13. The molecule has 0 atom stereocenters. The molecule has 1 aromatic carbocycles. The Balaban J connectivity index is 2.64. The second kappa shape index (κ2) is 6.46. The van der Waals surface area contributed by atoms with Crippen LogP contribution in [0.4, 0.5) is 0 Å². The molecule has 1 aromatic rings. The molecule has 2 N–H and O–H groups in total. The van der Waals surface area contributed by atoms with Gasteiger partial charge in [-0.1, -0.05) is 44.0 Å². The van der Waals surface area contributed by atoms with Gasteiger partial charge < -0.3 is 10.0 Å². The fraction of sp³-hybridized carbons (Fsp3) is 0.417. The number of carbonyl (C=O) groups excluding carboxylic acids is 1. The van der Waals surface area contributed by atoms with Crippen molar-refractivity contribution in [1.82, 2.24) is 0 Å². The maximum atomic E-state index is 11.7. The number of carbonyl (C=O) groups is 1. The first-order valence-electron chi connectivity index (χ1n) is 5.64. The highest BCUT2D eigenvalue weighted by atomic mass is 16.4. The van der Waals surface area contributed by atoms with E-state index < -0.39 is 7.12 Å². The van der Waals surface area contributed by atoms with Crippen molar-refractivity contribution in [3.05, 3.63) is 29.8 Å². The molecule has 0 bridgehead atoms. The van der Waals surface area contributed by atoms with E-state index in [1.54, 1.807) is 24.3 Å². The van der Waals surface area contributed by atoms with Crippen LogP contribution in [0.25, 0.3) is 0 Å². The third-order valence-electron chi connectivity index (χ3n) is 2.51. The highest BCUT2D eigenvalue weighted by molar-refractivity contribution is 6.58. The van der Waals surface area contributed by atoms with Crippen LogP contribution in [0.5, 0.6) is 0 Å². The van der Waals surface area contributed by atoms with Gasteiger partial charge in [-0.3, -0.25) is 4.79 Å². The van der Waals surface area contributed by atoms with Gasteiger partial charge in [0.2, 0.25) is 0 Å². The lowest BCUT2D eigenvalue weighted by Crippen LogP contribution is -2.30. The van der Waals surface area contributed by atoms with E-state index >= 15 is 0 Å². The highest BCUT2D eigenvalue weighted by Crippen LogP contribution is 2.07. The number of ketones is 1. The zero-order chi connectivity index (χ0) is 12.0. The van der Waals surface area contributed by atoms with Crippen LogP contribution >= 0.6 is 0 Å². The van der Waals surface area contributed by atoms with Crippen LogP contribution in [0.2, 0.25) is 0 Å². The molecule has 0 saturated carbocycles. The van der Waals surface area contributed by atoms with Gasteiger partial charge in [0.1, 0.15) is 0 Å². The van der Waals surface area contributed by atoms with Gasteiger partial charge in [-0.2, -0.15) is 0 Å². The van der Waals surface area contributed by atoms with Crippen LogP contribution in [0, 0.1) is 0 Å². The van der Waals surface area contributed by atoms with Gasteiger partial charge in [-0.15, -0.1) is 0 Å². The van der Waals surface area contributed by atoms with E-state index in [1.807, 2.05) is 0 Å². The zero-order valence-electron chi connectivity index (χ0n) is 9.52. The van der Waals surface area contributed by atoms with Gasteiger partial charge in [0.05, 0.1) is 0 Å². The predicted octanol–water partition coefficient (Wildman–Crippen LogP) is 1.13. The Kier molecular flexibility index (Phi) is 5.22. The number of hydrogen-bond donors (Lipinski definition) is 2. The summed E-state index contributed by atoms with van der Waals surface area (Å²) in [5, 5.41) is 18.0. The van der Waals surface area contributed by atoms with Crippen LogP contribution in [0.3, 0.4) is 0 Å². The van der Waals surface area contributed by atoms with Gasteiger partial charge in [-0.05, 0) is 11.9 Å². The summed E-state index contributed by atoms with van der Waals surface area (Å²) in [6.45, 7) is 2.09. The van der Waals surface area contributed by atoms with Crippen LogP contribution in [-0.2, 0) is 0 Å². The Bertz CT molecular complexity index is 350. The Morgan fingerprint density at radius 1 is 1.31 bits per heavy atom. The third-order valence-corrected chi connectivity index (χ3v) is 2.51. The van der Waals surface area contributed by atoms with E-state index in [0.717, 1.165) is 19.3 Å². The van der Waals surface area contributed by atoms with Crippen molar-refractivity contribution >= 4 is 18.4 Å². The summed E-state index contributed by atoms with van der Waals surface area (Å²) in [5.41, 5.74) is 0.919. The second-order valence-electron chi connectivity index (χ2n) is 3.88. The van der Waals surface area contributed by atoms with Crippen LogP contribution in [-0.4, -0.2) is 22.9 Å². The van der Waals surface area contributed by atoms with Crippen LogP contribution in [0.15, 0.2) is 24.3 Å². The van der Waals surface area contributed by atoms with E-state index in [0.29, 0.717) is 17.4 Å². The van der Waals surface area contributed by atoms with Gasteiger partial charge in [0.25, 0.3) is 0 Å². The first kappa shape index (κ1) is 12.9. The first-order valence-corrected chi connectivity index (χ1v) is 5.64. The molecule has 0 spiro atoms. The summed E-state index contributed by atoms with van der Waals surface area (Å²) in [4.78, 5) is 11.7. The van der Waals surface area contributed by atoms with Crippen molar-refractivity contribution in [1.29, 1.82) is 0 Å². The molecule has 4 heteroatoms. The van der Waals surface area contributed by atoms with E-state index in [9.17, 15) is 4.79 Å². The Labute approximate surface area is 96.3 Å². The maximum absolute atomic E-state index is 11.7. The molecule has 0 saturated heterocycles. The Morgan fingerprint density at radius 3 is 2.69 bits per heavy atom. The van der Waals surface area contributed by atoms with Gasteiger partial charge in [0.15, 0.2) is 5.78 Å². The molecule has 0 radical (unpaired) electrons. The number of rotatable bonds is 6. The van der Waals surface area contributed by atoms with E-state index in [-0.39, 0.29) is 5.78 Å². The molecule has 0 aromatic heterocycles. The molecule has 0 fully saturated rings. The maximum Gasteiger partial charge on any atom is 0.488 e. The smallest absolute Gasteiger partial charge is 0.423 e. The van der Waals surface area contributed by atoms with E-state index in [4.69, 9.17) is 10.0 Å². The quantitative estimate of drug-likeness (QED) is 0.429. The van der Waals surface area contributed by atoms with Crippen LogP contribution < -0.4 is 5.46 Å². The molecule has 0 heterocycles. The van der Waals surface area contributed by atoms with Crippen molar-refractivity contribution in [3.8, 4) is 0 Å². The SMILES string of the molecule is CCCCCC(=O)c1cccc(B(O)O)c1. The molecular formula is C12H17BO3. The second-order valence-corrected chi connectivity index (χ2v) is 3.88. The lowest BCUT2D eigenvalue weighted by molar-refractivity contribution is 0.0979. The van der Waals surface area contributed by atoms with Crippen molar-refractivity contribution < 1.29 is 14.8 Å². The molecular weight excluding hydrogens is 203 g/mol. The molecule has 0 aliphatic rings. The van der Waals surface area contributed by atoms with E-state index in [2.05, 4.69) is 6.92 Å². The van der Waals surface area contributed by atoms with Crippen molar-refractivity contribution in [2.24, 2.45) is 0 Å².